The molecular formula is C14H15ClN2O2. The fraction of sp³-hybridized carbons (Fsp3) is 0.286. The number of ether oxygens (including phenoxy) is 1. The van der Waals surface area contributed by atoms with Crippen molar-refractivity contribution in [2.24, 2.45) is 0 Å². The van der Waals surface area contributed by atoms with Gasteiger partial charge in [-0.2, -0.15) is 5.10 Å². The van der Waals surface area contributed by atoms with Crippen LogP contribution in [0.15, 0.2) is 30.6 Å². The van der Waals surface area contributed by atoms with E-state index >= 15 is 0 Å². The first kappa shape index (κ1) is 13.6. The maximum absolute atomic E-state index is 11.4. The molecule has 1 aromatic carbocycles. The Morgan fingerprint density at radius 2 is 2.26 bits per heavy atom. The summed E-state index contributed by atoms with van der Waals surface area (Å²) in [4.78, 5) is 11.4. The predicted octanol–water partition coefficient (Wildman–Crippen LogP) is 3.19. The van der Waals surface area contributed by atoms with Gasteiger partial charge in [0.25, 0.3) is 0 Å². The average molecular weight is 279 g/mol. The highest BCUT2D eigenvalue weighted by Crippen LogP contribution is 2.22. The molecule has 2 rings (SSSR count). The zero-order chi connectivity index (χ0) is 13.8. The van der Waals surface area contributed by atoms with Gasteiger partial charge in [0.2, 0.25) is 0 Å². The number of aromatic nitrogens is 2. The van der Waals surface area contributed by atoms with Gasteiger partial charge < -0.3 is 4.74 Å². The Kier molecular flexibility index (Phi) is 4.22. The van der Waals surface area contributed by atoms with Crippen molar-refractivity contribution < 1.29 is 9.53 Å². The van der Waals surface area contributed by atoms with E-state index in [0.717, 1.165) is 11.3 Å². The van der Waals surface area contributed by atoms with Crippen LogP contribution in [0, 0.1) is 0 Å². The van der Waals surface area contributed by atoms with E-state index in [1.165, 1.54) is 0 Å². The molecule has 0 bridgehead atoms. The Hall–Kier alpha value is -1.81. The van der Waals surface area contributed by atoms with Gasteiger partial charge in [0, 0.05) is 17.3 Å². The third-order valence-electron chi connectivity index (χ3n) is 2.70. The first-order chi connectivity index (χ1) is 9.10. The minimum Gasteiger partial charge on any atom is -0.494 e. The van der Waals surface area contributed by atoms with E-state index in [2.05, 4.69) is 5.10 Å². The lowest BCUT2D eigenvalue weighted by Gasteiger charge is -2.11. The Morgan fingerprint density at radius 1 is 1.47 bits per heavy atom. The van der Waals surface area contributed by atoms with Crippen LogP contribution in [0.1, 0.15) is 29.8 Å². The Labute approximate surface area is 116 Å². The standard InChI is InChI=1S/C14H15ClN2O2/c1-3-19-14-5-4-11(10(2)18)6-12(14)8-17-9-13(15)7-16-17/h4-7,9H,3,8H2,1-2H3. The van der Waals surface area contributed by atoms with Crippen molar-refractivity contribution in [2.75, 3.05) is 6.61 Å². The van der Waals surface area contributed by atoms with Gasteiger partial charge in [-0.3, -0.25) is 9.48 Å². The Bertz CT molecular complexity index is 593. The van der Waals surface area contributed by atoms with Crippen molar-refractivity contribution >= 4 is 17.4 Å². The maximum Gasteiger partial charge on any atom is 0.159 e. The number of nitrogens with zero attached hydrogens (tertiary/aromatic N) is 2. The second-order valence-corrected chi connectivity index (χ2v) is 4.60. The number of benzene rings is 1. The monoisotopic (exact) mass is 278 g/mol. The van der Waals surface area contributed by atoms with E-state index in [1.807, 2.05) is 19.1 Å². The second kappa shape index (κ2) is 5.89. The first-order valence-electron chi connectivity index (χ1n) is 6.04. The largest absolute Gasteiger partial charge is 0.494 e. The SMILES string of the molecule is CCOc1ccc(C(C)=O)cc1Cn1cc(Cl)cn1. The van der Waals surface area contributed by atoms with Gasteiger partial charge in [0.15, 0.2) is 5.78 Å². The summed E-state index contributed by atoms with van der Waals surface area (Å²) >= 11 is 5.84. The lowest BCUT2D eigenvalue weighted by Crippen LogP contribution is -2.05. The topological polar surface area (TPSA) is 44.1 Å². The van der Waals surface area contributed by atoms with Crippen molar-refractivity contribution in [1.82, 2.24) is 9.78 Å². The van der Waals surface area contributed by atoms with Crippen molar-refractivity contribution in [2.45, 2.75) is 20.4 Å². The third-order valence-corrected chi connectivity index (χ3v) is 2.90. The molecule has 0 saturated heterocycles. The summed E-state index contributed by atoms with van der Waals surface area (Å²) in [7, 11) is 0. The van der Waals surface area contributed by atoms with Crippen LogP contribution in [-0.4, -0.2) is 22.2 Å². The van der Waals surface area contributed by atoms with Crippen LogP contribution < -0.4 is 4.74 Å². The Morgan fingerprint density at radius 3 is 2.84 bits per heavy atom. The van der Waals surface area contributed by atoms with Gasteiger partial charge in [0.1, 0.15) is 5.75 Å². The van der Waals surface area contributed by atoms with Gasteiger partial charge in [-0.15, -0.1) is 0 Å². The molecule has 19 heavy (non-hydrogen) atoms. The van der Waals surface area contributed by atoms with E-state index in [-0.39, 0.29) is 5.78 Å². The number of halogens is 1. The van der Waals surface area contributed by atoms with E-state index < -0.39 is 0 Å². The number of ketones is 1. The van der Waals surface area contributed by atoms with Crippen LogP contribution in [0.2, 0.25) is 5.02 Å². The number of hydrogen-bond acceptors (Lipinski definition) is 3. The molecule has 0 aliphatic carbocycles. The summed E-state index contributed by atoms with van der Waals surface area (Å²) in [6.45, 7) is 4.56. The molecule has 1 heterocycles. The van der Waals surface area contributed by atoms with Crippen LogP contribution >= 0.6 is 11.6 Å². The van der Waals surface area contributed by atoms with Gasteiger partial charge in [-0.1, -0.05) is 11.6 Å². The van der Waals surface area contributed by atoms with E-state index in [9.17, 15) is 4.79 Å². The summed E-state index contributed by atoms with van der Waals surface area (Å²) in [5.41, 5.74) is 1.58. The normalized spacial score (nSPS) is 10.5. The fourth-order valence-corrected chi connectivity index (χ4v) is 1.97. The number of carbonyl (C=O) groups excluding carboxylic acids is 1. The first-order valence-corrected chi connectivity index (χ1v) is 6.42. The third kappa shape index (κ3) is 3.35. The van der Waals surface area contributed by atoms with E-state index in [1.54, 1.807) is 30.1 Å². The highest BCUT2D eigenvalue weighted by atomic mass is 35.5. The molecule has 0 N–H and O–H groups in total. The summed E-state index contributed by atoms with van der Waals surface area (Å²) in [6.07, 6.45) is 3.31. The van der Waals surface area contributed by atoms with Gasteiger partial charge in [-0.05, 0) is 32.0 Å². The van der Waals surface area contributed by atoms with Gasteiger partial charge >= 0.3 is 0 Å². The van der Waals surface area contributed by atoms with Gasteiger partial charge in [-0.25, -0.2) is 0 Å². The van der Waals surface area contributed by atoms with E-state index in [0.29, 0.717) is 23.7 Å². The molecule has 0 fully saturated rings. The molecule has 2 aromatic rings. The van der Waals surface area contributed by atoms with Crippen LogP contribution in [0.5, 0.6) is 5.75 Å². The number of rotatable bonds is 5. The van der Waals surface area contributed by atoms with Crippen molar-refractivity contribution in [3.05, 3.63) is 46.7 Å². The quantitative estimate of drug-likeness (QED) is 0.789. The fourth-order valence-electron chi connectivity index (χ4n) is 1.82. The Balaban J connectivity index is 2.34. The molecule has 1 aromatic heterocycles. The van der Waals surface area contributed by atoms with Crippen LogP contribution in [0.25, 0.3) is 0 Å². The predicted molar refractivity (Wildman–Crippen MR) is 74.0 cm³/mol. The molecule has 0 atom stereocenters. The molecule has 100 valence electrons. The minimum atomic E-state index is 0.0304. The number of Topliss-reactive ketones (excluding diaryl/α,β-unsaturated/α-hetero) is 1. The lowest BCUT2D eigenvalue weighted by atomic mass is 10.1. The molecular weight excluding hydrogens is 264 g/mol. The highest BCUT2D eigenvalue weighted by molar-refractivity contribution is 6.30. The zero-order valence-electron chi connectivity index (χ0n) is 10.9. The minimum absolute atomic E-state index is 0.0304. The highest BCUT2D eigenvalue weighted by Gasteiger charge is 2.09. The average Bonchev–Trinajstić information content (AvgIpc) is 2.77. The molecule has 0 saturated carbocycles. The lowest BCUT2D eigenvalue weighted by molar-refractivity contribution is 0.101. The summed E-state index contributed by atoms with van der Waals surface area (Å²) in [6, 6.07) is 5.43. The molecule has 0 aliphatic rings. The molecule has 0 radical (unpaired) electrons. The van der Waals surface area contributed by atoms with Crippen molar-refractivity contribution in [3.8, 4) is 5.75 Å². The molecule has 0 amide bonds. The molecule has 0 spiro atoms. The van der Waals surface area contributed by atoms with Crippen molar-refractivity contribution in [1.29, 1.82) is 0 Å². The van der Waals surface area contributed by atoms with Crippen LogP contribution in [-0.2, 0) is 6.54 Å². The molecule has 5 heteroatoms. The summed E-state index contributed by atoms with van der Waals surface area (Å²) in [5.74, 6) is 0.793. The maximum atomic E-state index is 11.4. The molecule has 0 unspecified atom stereocenters. The number of hydrogen-bond donors (Lipinski definition) is 0. The summed E-state index contributed by atoms with van der Waals surface area (Å²) in [5, 5.41) is 4.72. The van der Waals surface area contributed by atoms with Crippen molar-refractivity contribution in [3.63, 3.8) is 0 Å². The zero-order valence-corrected chi connectivity index (χ0v) is 11.6. The second-order valence-electron chi connectivity index (χ2n) is 4.17. The smallest absolute Gasteiger partial charge is 0.159 e. The molecule has 4 nitrogen and oxygen atoms in total. The van der Waals surface area contributed by atoms with E-state index in [4.69, 9.17) is 16.3 Å². The molecule has 0 aliphatic heterocycles. The summed E-state index contributed by atoms with van der Waals surface area (Å²) < 4.78 is 7.28. The van der Waals surface area contributed by atoms with Crippen LogP contribution in [0.4, 0.5) is 0 Å². The van der Waals surface area contributed by atoms with Gasteiger partial charge in [0.05, 0.1) is 24.4 Å². The number of carbonyl (C=O) groups is 1. The van der Waals surface area contributed by atoms with Crippen LogP contribution in [0.3, 0.4) is 0 Å².